The second-order valence-corrected chi connectivity index (χ2v) is 9.53. The first kappa shape index (κ1) is 26.5. The summed E-state index contributed by atoms with van der Waals surface area (Å²) >= 11 is 15.7. The zero-order valence-corrected chi connectivity index (χ0v) is 22.1. The molecular formula is C24H29BrCl2N2O3. The normalized spacial score (nSPS) is 12.8. The fraction of sp³-hybridized carbons (Fsp3) is 0.417. The van der Waals surface area contributed by atoms with E-state index in [2.05, 4.69) is 21.2 Å². The van der Waals surface area contributed by atoms with Gasteiger partial charge in [-0.1, -0.05) is 52.1 Å². The molecule has 5 nitrogen and oxygen atoms in total. The van der Waals surface area contributed by atoms with E-state index in [-0.39, 0.29) is 31.0 Å². The van der Waals surface area contributed by atoms with Gasteiger partial charge < -0.3 is 15.0 Å². The number of hydrogen-bond acceptors (Lipinski definition) is 3. The van der Waals surface area contributed by atoms with Crippen LogP contribution in [0.2, 0.25) is 10.0 Å². The monoisotopic (exact) mass is 542 g/mol. The van der Waals surface area contributed by atoms with E-state index in [1.54, 1.807) is 25.1 Å². The van der Waals surface area contributed by atoms with Gasteiger partial charge in [0.25, 0.3) is 5.91 Å². The lowest BCUT2D eigenvalue weighted by atomic mass is 10.1. The fourth-order valence-electron chi connectivity index (χ4n) is 3.10. The van der Waals surface area contributed by atoms with Crippen molar-refractivity contribution in [1.29, 1.82) is 0 Å². The molecule has 0 spiro atoms. The Labute approximate surface area is 208 Å². The van der Waals surface area contributed by atoms with Gasteiger partial charge in [-0.25, -0.2) is 0 Å². The minimum absolute atomic E-state index is 0.0110. The molecule has 0 saturated carbocycles. The molecule has 8 heteroatoms. The molecule has 2 atom stereocenters. The molecule has 1 N–H and O–H groups in total. The topological polar surface area (TPSA) is 58.6 Å². The van der Waals surface area contributed by atoms with Crippen molar-refractivity contribution in [1.82, 2.24) is 10.2 Å². The first-order chi connectivity index (χ1) is 15.0. The van der Waals surface area contributed by atoms with E-state index < -0.39 is 6.04 Å². The van der Waals surface area contributed by atoms with Crippen LogP contribution in [0.1, 0.15) is 43.9 Å². The third-order valence-electron chi connectivity index (χ3n) is 5.28. The van der Waals surface area contributed by atoms with Gasteiger partial charge in [-0.2, -0.15) is 0 Å². The van der Waals surface area contributed by atoms with Crippen molar-refractivity contribution in [3.05, 3.63) is 61.5 Å². The van der Waals surface area contributed by atoms with E-state index >= 15 is 0 Å². The van der Waals surface area contributed by atoms with Gasteiger partial charge >= 0.3 is 0 Å². The van der Waals surface area contributed by atoms with Gasteiger partial charge in [0.2, 0.25) is 5.91 Å². The van der Waals surface area contributed by atoms with Crippen molar-refractivity contribution in [3.63, 3.8) is 0 Å². The summed E-state index contributed by atoms with van der Waals surface area (Å²) in [6.45, 7) is 9.56. The van der Waals surface area contributed by atoms with Gasteiger partial charge in [0.15, 0.2) is 6.61 Å². The van der Waals surface area contributed by atoms with Crippen LogP contribution in [-0.2, 0) is 16.1 Å². The number of aryl methyl sites for hydroxylation is 2. The van der Waals surface area contributed by atoms with Crippen molar-refractivity contribution in [3.8, 4) is 5.75 Å². The quantitative estimate of drug-likeness (QED) is 0.416. The van der Waals surface area contributed by atoms with E-state index in [1.807, 2.05) is 39.8 Å². The molecule has 0 saturated heterocycles. The minimum Gasteiger partial charge on any atom is -0.484 e. The Kier molecular flexibility index (Phi) is 9.86. The van der Waals surface area contributed by atoms with E-state index in [0.717, 1.165) is 27.6 Å². The van der Waals surface area contributed by atoms with Gasteiger partial charge in [-0.15, -0.1) is 0 Å². The van der Waals surface area contributed by atoms with Crippen LogP contribution in [0.25, 0.3) is 0 Å². The molecule has 32 heavy (non-hydrogen) atoms. The molecule has 2 aromatic rings. The molecule has 2 unspecified atom stereocenters. The van der Waals surface area contributed by atoms with E-state index in [1.165, 1.54) is 4.90 Å². The average molecular weight is 544 g/mol. The van der Waals surface area contributed by atoms with Crippen molar-refractivity contribution in [2.45, 2.75) is 59.7 Å². The third kappa shape index (κ3) is 7.12. The van der Waals surface area contributed by atoms with E-state index in [9.17, 15) is 9.59 Å². The fourth-order valence-corrected chi connectivity index (χ4v) is 3.65. The van der Waals surface area contributed by atoms with Crippen LogP contribution in [0.5, 0.6) is 5.75 Å². The lowest BCUT2D eigenvalue weighted by Crippen LogP contribution is -2.50. The highest BCUT2D eigenvalue weighted by Crippen LogP contribution is 2.27. The van der Waals surface area contributed by atoms with Crippen molar-refractivity contribution >= 4 is 50.9 Å². The number of nitrogens with zero attached hydrogens (tertiary/aromatic N) is 1. The molecule has 0 heterocycles. The smallest absolute Gasteiger partial charge is 0.261 e. The summed E-state index contributed by atoms with van der Waals surface area (Å²) in [7, 11) is 0. The van der Waals surface area contributed by atoms with Gasteiger partial charge in [0.05, 0.1) is 10.0 Å². The lowest BCUT2D eigenvalue weighted by Gasteiger charge is -2.29. The van der Waals surface area contributed by atoms with Crippen LogP contribution >= 0.6 is 39.1 Å². The van der Waals surface area contributed by atoms with Crippen molar-refractivity contribution in [2.24, 2.45) is 0 Å². The van der Waals surface area contributed by atoms with E-state index in [4.69, 9.17) is 27.9 Å². The summed E-state index contributed by atoms with van der Waals surface area (Å²) in [5, 5.41) is 3.76. The van der Waals surface area contributed by atoms with Gasteiger partial charge in [-0.05, 0) is 75.1 Å². The number of nitrogens with one attached hydrogen (secondary N) is 1. The molecule has 174 valence electrons. The molecule has 2 amide bonds. The second-order valence-electron chi connectivity index (χ2n) is 7.92. The minimum atomic E-state index is -0.692. The summed E-state index contributed by atoms with van der Waals surface area (Å²) in [4.78, 5) is 27.4. The maximum absolute atomic E-state index is 13.2. The third-order valence-corrected chi connectivity index (χ3v) is 7.27. The van der Waals surface area contributed by atoms with Gasteiger partial charge in [-0.3, -0.25) is 9.59 Å². The van der Waals surface area contributed by atoms with Crippen LogP contribution in [0, 0.1) is 13.8 Å². The number of carbonyl (C=O) groups is 2. The highest BCUT2D eigenvalue weighted by atomic mass is 79.9. The molecular weight excluding hydrogens is 515 g/mol. The number of hydrogen-bond donors (Lipinski definition) is 1. The Morgan fingerprint density at radius 2 is 1.72 bits per heavy atom. The van der Waals surface area contributed by atoms with Crippen molar-refractivity contribution < 1.29 is 14.3 Å². The average Bonchev–Trinajstić information content (AvgIpc) is 2.75. The Morgan fingerprint density at radius 3 is 2.28 bits per heavy atom. The maximum atomic E-state index is 13.2. The molecule has 0 aliphatic heterocycles. The molecule has 0 aromatic heterocycles. The molecule has 0 aliphatic rings. The van der Waals surface area contributed by atoms with Crippen LogP contribution < -0.4 is 10.1 Å². The number of carbonyl (C=O) groups excluding carboxylic acids is 2. The summed E-state index contributed by atoms with van der Waals surface area (Å²) in [5.74, 6) is 0.0759. The van der Waals surface area contributed by atoms with Gasteiger partial charge in [0.1, 0.15) is 11.8 Å². The predicted octanol–water partition coefficient (Wildman–Crippen LogP) is 6.08. The SMILES string of the molecule is CCC(C)NC(=O)C(C)N(Cc1ccc(Cl)c(Cl)c1)C(=O)COc1cc(C)c(Br)c(C)c1. The van der Waals surface area contributed by atoms with Crippen LogP contribution in [0.3, 0.4) is 0 Å². The number of halogens is 3. The largest absolute Gasteiger partial charge is 0.484 e. The highest BCUT2D eigenvalue weighted by molar-refractivity contribution is 9.10. The van der Waals surface area contributed by atoms with Crippen LogP contribution in [0.4, 0.5) is 0 Å². The summed E-state index contributed by atoms with van der Waals surface area (Å²) < 4.78 is 6.79. The van der Waals surface area contributed by atoms with E-state index in [0.29, 0.717) is 15.8 Å². The second kappa shape index (κ2) is 11.9. The zero-order valence-electron chi connectivity index (χ0n) is 19.0. The predicted molar refractivity (Wildman–Crippen MR) is 133 cm³/mol. The summed E-state index contributed by atoms with van der Waals surface area (Å²) in [6, 6.07) is 8.22. The molecule has 0 radical (unpaired) electrons. The first-order valence-corrected chi connectivity index (χ1v) is 12.0. The van der Waals surface area contributed by atoms with Crippen LogP contribution in [-0.4, -0.2) is 35.4 Å². The maximum Gasteiger partial charge on any atom is 0.261 e. The van der Waals surface area contributed by atoms with Crippen LogP contribution in [0.15, 0.2) is 34.8 Å². The summed E-state index contributed by atoms with van der Waals surface area (Å²) in [6.07, 6.45) is 0.796. The molecule has 0 aliphatic carbocycles. The number of ether oxygens (including phenoxy) is 1. The first-order valence-electron chi connectivity index (χ1n) is 10.5. The molecule has 2 rings (SSSR count). The lowest BCUT2D eigenvalue weighted by molar-refractivity contribution is -0.142. The van der Waals surface area contributed by atoms with Gasteiger partial charge in [0, 0.05) is 17.1 Å². The van der Waals surface area contributed by atoms with Crippen molar-refractivity contribution in [2.75, 3.05) is 6.61 Å². The number of rotatable bonds is 9. The Balaban J connectivity index is 2.22. The Hall–Kier alpha value is -1.76. The molecule has 0 fully saturated rings. The number of benzene rings is 2. The molecule has 0 bridgehead atoms. The highest BCUT2D eigenvalue weighted by Gasteiger charge is 2.27. The summed E-state index contributed by atoms with van der Waals surface area (Å²) in [5.41, 5.74) is 2.80. The molecule has 2 aromatic carbocycles. The Morgan fingerprint density at radius 1 is 1.09 bits per heavy atom. The Bertz CT molecular complexity index is 961. The standard InChI is InChI=1S/C24H29BrCl2N2O3/c1-6-16(4)28-24(31)17(5)29(12-18-7-8-20(26)21(27)11-18)22(30)13-32-19-9-14(2)23(25)15(3)10-19/h7-11,16-17H,6,12-13H2,1-5H3,(H,28,31). The number of amides is 2. The zero-order chi connectivity index (χ0) is 24.0.